The average molecular weight is 137 g/mol. The van der Waals surface area contributed by atoms with Crippen LogP contribution in [0, 0.1) is 5.92 Å². The predicted octanol–water partition coefficient (Wildman–Crippen LogP) is 2.37. The van der Waals surface area contributed by atoms with Crippen LogP contribution in [0.1, 0.15) is 6.42 Å². The fraction of sp³-hybridized carbons (Fsp3) is 0.600. The highest BCUT2D eigenvalue weighted by molar-refractivity contribution is 6.51. The molecular weight excluding hydrogens is 131 g/mol. The first-order chi connectivity index (χ1) is 3.17. The molecule has 1 atom stereocenters. The van der Waals surface area contributed by atoms with Crippen LogP contribution in [-0.2, 0) is 0 Å². The third-order valence-corrected chi connectivity index (χ3v) is 2.03. The van der Waals surface area contributed by atoms with Gasteiger partial charge in [-0.3, -0.25) is 0 Å². The van der Waals surface area contributed by atoms with E-state index in [2.05, 4.69) is 6.58 Å². The monoisotopic (exact) mass is 136 g/mol. The Morgan fingerprint density at radius 3 is 2.14 bits per heavy atom. The second-order valence-corrected chi connectivity index (χ2v) is 3.35. The molecule has 1 fully saturated rings. The molecule has 0 bridgehead atoms. The van der Waals surface area contributed by atoms with Crippen molar-refractivity contribution in [2.75, 3.05) is 0 Å². The summed E-state index contributed by atoms with van der Waals surface area (Å²) in [5, 5.41) is 0. The molecule has 0 N–H and O–H groups in total. The first-order valence-corrected chi connectivity index (χ1v) is 2.93. The van der Waals surface area contributed by atoms with Gasteiger partial charge in [0.1, 0.15) is 4.33 Å². The maximum atomic E-state index is 5.60. The van der Waals surface area contributed by atoms with Gasteiger partial charge in [-0.05, 0) is 6.42 Å². The Balaban J connectivity index is 2.44. The predicted molar refractivity (Wildman–Crippen MR) is 32.7 cm³/mol. The van der Waals surface area contributed by atoms with Crippen molar-refractivity contribution in [3.63, 3.8) is 0 Å². The Labute approximate surface area is 53.1 Å². The molecule has 0 aliphatic heterocycles. The minimum absolute atomic E-state index is 0.343. The highest BCUT2D eigenvalue weighted by Gasteiger charge is 2.49. The summed E-state index contributed by atoms with van der Waals surface area (Å²) in [6.07, 6.45) is 2.67. The maximum Gasteiger partial charge on any atom is 0.125 e. The van der Waals surface area contributed by atoms with Gasteiger partial charge < -0.3 is 0 Å². The van der Waals surface area contributed by atoms with Gasteiger partial charge in [-0.15, -0.1) is 29.8 Å². The second-order valence-electron chi connectivity index (χ2n) is 1.81. The third kappa shape index (κ3) is 0.920. The molecule has 1 saturated carbocycles. The number of hydrogen-bond donors (Lipinski definition) is 0. The molecule has 0 saturated heterocycles. The smallest absolute Gasteiger partial charge is 0.103 e. The Kier molecular flexibility index (Phi) is 1.09. The van der Waals surface area contributed by atoms with E-state index in [-0.39, 0.29) is 0 Å². The van der Waals surface area contributed by atoms with Gasteiger partial charge in [0.25, 0.3) is 0 Å². The lowest BCUT2D eigenvalue weighted by atomic mass is 10.4. The molecule has 1 rings (SSSR count). The van der Waals surface area contributed by atoms with Crippen molar-refractivity contribution in [3.05, 3.63) is 12.7 Å². The molecule has 40 valence electrons. The van der Waals surface area contributed by atoms with E-state index in [9.17, 15) is 0 Å². The summed E-state index contributed by atoms with van der Waals surface area (Å²) in [7, 11) is 0. The molecule has 0 nitrogen and oxygen atoms in total. The lowest BCUT2D eigenvalue weighted by molar-refractivity contribution is 1.10. The fourth-order valence-corrected chi connectivity index (χ4v) is 1.00. The first-order valence-electron chi connectivity index (χ1n) is 2.17. The number of allylic oxidation sites excluding steroid dienone is 1. The Morgan fingerprint density at radius 2 is 2.14 bits per heavy atom. The largest absolute Gasteiger partial charge is 0.125 e. The molecule has 7 heavy (non-hydrogen) atoms. The zero-order valence-electron chi connectivity index (χ0n) is 3.82. The van der Waals surface area contributed by atoms with Crippen molar-refractivity contribution >= 4 is 23.2 Å². The van der Waals surface area contributed by atoms with Crippen LogP contribution in [0.15, 0.2) is 12.7 Å². The van der Waals surface area contributed by atoms with Crippen molar-refractivity contribution in [2.24, 2.45) is 5.92 Å². The van der Waals surface area contributed by atoms with Crippen molar-refractivity contribution in [2.45, 2.75) is 10.8 Å². The van der Waals surface area contributed by atoms with Gasteiger partial charge in [-0.25, -0.2) is 0 Å². The van der Waals surface area contributed by atoms with E-state index in [4.69, 9.17) is 23.2 Å². The van der Waals surface area contributed by atoms with Crippen molar-refractivity contribution < 1.29 is 0 Å². The van der Waals surface area contributed by atoms with Crippen molar-refractivity contribution in [1.29, 1.82) is 0 Å². The number of hydrogen-bond acceptors (Lipinski definition) is 0. The van der Waals surface area contributed by atoms with Crippen LogP contribution >= 0.6 is 23.2 Å². The topological polar surface area (TPSA) is 0 Å². The van der Waals surface area contributed by atoms with E-state index in [1.807, 2.05) is 0 Å². The second kappa shape index (κ2) is 1.40. The quantitative estimate of drug-likeness (QED) is 0.384. The van der Waals surface area contributed by atoms with E-state index < -0.39 is 4.33 Å². The summed E-state index contributed by atoms with van der Waals surface area (Å²) < 4.78 is -0.457. The third-order valence-electron chi connectivity index (χ3n) is 1.16. The van der Waals surface area contributed by atoms with Gasteiger partial charge >= 0.3 is 0 Å². The molecule has 1 aliphatic carbocycles. The van der Waals surface area contributed by atoms with E-state index >= 15 is 0 Å². The highest BCUT2D eigenvalue weighted by atomic mass is 35.5. The maximum absolute atomic E-state index is 5.60. The summed E-state index contributed by atoms with van der Waals surface area (Å²) in [5.41, 5.74) is 0. The summed E-state index contributed by atoms with van der Waals surface area (Å²) in [6, 6.07) is 0. The van der Waals surface area contributed by atoms with E-state index in [0.29, 0.717) is 5.92 Å². The van der Waals surface area contributed by atoms with Gasteiger partial charge in [0.2, 0.25) is 0 Å². The molecule has 0 aromatic heterocycles. The lowest BCUT2D eigenvalue weighted by Gasteiger charge is -1.86. The van der Waals surface area contributed by atoms with Gasteiger partial charge in [0.15, 0.2) is 0 Å². The van der Waals surface area contributed by atoms with Crippen molar-refractivity contribution in [1.82, 2.24) is 0 Å². The van der Waals surface area contributed by atoms with E-state index in [1.165, 1.54) is 0 Å². The Morgan fingerprint density at radius 1 is 1.71 bits per heavy atom. The molecule has 0 aromatic carbocycles. The Hall–Kier alpha value is 0.320. The average Bonchev–Trinajstić information content (AvgIpc) is 2.13. The SMILES string of the molecule is C=C[C@@H]1CC1(Cl)Cl. The minimum Gasteiger partial charge on any atom is -0.103 e. The molecule has 0 heterocycles. The van der Waals surface area contributed by atoms with Crippen LogP contribution in [0.3, 0.4) is 0 Å². The highest BCUT2D eigenvalue weighted by Crippen LogP contribution is 2.53. The van der Waals surface area contributed by atoms with Crippen LogP contribution in [0.25, 0.3) is 0 Å². The fourth-order valence-electron chi connectivity index (χ4n) is 0.490. The first kappa shape index (κ1) is 5.46. The molecule has 0 unspecified atom stereocenters. The zero-order chi connectivity index (χ0) is 5.49. The summed E-state index contributed by atoms with van der Waals surface area (Å²) in [4.78, 5) is 0. The number of halogens is 2. The van der Waals surface area contributed by atoms with Crippen LogP contribution in [0.5, 0.6) is 0 Å². The zero-order valence-corrected chi connectivity index (χ0v) is 5.34. The Bertz CT molecular complexity index is 96.3. The van der Waals surface area contributed by atoms with Crippen molar-refractivity contribution in [3.8, 4) is 0 Å². The number of alkyl halides is 2. The normalized spacial score (nSPS) is 34.9. The minimum atomic E-state index is -0.457. The summed E-state index contributed by atoms with van der Waals surface area (Å²) in [6.45, 7) is 3.55. The summed E-state index contributed by atoms with van der Waals surface area (Å²) >= 11 is 11.2. The van der Waals surface area contributed by atoms with Gasteiger partial charge in [-0.2, -0.15) is 0 Å². The molecule has 1 aliphatic rings. The molecule has 0 amide bonds. The molecule has 0 radical (unpaired) electrons. The van der Waals surface area contributed by atoms with E-state index in [1.54, 1.807) is 6.08 Å². The van der Waals surface area contributed by atoms with Crippen LogP contribution in [0.4, 0.5) is 0 Å². The van der Waals surface area contributed by atoms with Crippen LogP contribution < -0.4 is 0 Å². The number of rotatable bonds is 1. The van der Waals surface area contributed by atoms with Crippen LogP contribution in [0.2, 0.25) is 0 Å². The summed E-state index contributed by atoms with van der Waals surface area (Å²) in [5.74, 6) is 0.343. The molecular formula is C5H6Cl2. The van der Waals surface area contributed by atoms with E-state index in [0.717, 1.165) is 6.42 Å². The molecule has 2 heteroatoms. The molecule has 0 aromatic rings. The van der Waals surface area contributed by atoms with Gasteiger partial charge in [0, 0.05) is 5.92 Å². The van der Waals surface area contributed by atoms with Gasteiger partial charge in [0.05, 0.1) is 0 Å². The van der Waals surface area contributed by atoms with Gasteiger partial charge in [-0.1, -0.05) is 6.08 Å². The standard InChI is InChI=1S/C5H6Cl2/c1-2-4-3-5(4,6)7/h2,4H,1,3H2/t4-/m1/s1. The molecule has 0 spiro atoms. The lowest BCUT2D eigenvalue weighted by Crippen LogP contribution is -1.83. The van der Waals surface area contributed by atoms with Crippen LogP contribution in [-0.4, -0.2) is 4.33 Å².